The fourth-order valence-electron chi connectivity index (χ4n) is 6.30. The average Bonchev–Trinajstić information content (AvgIpc) is 3.87. The third kappa shape index (κ3) is 6.54. The van der Waals surface area contributed by atoms with E-state index in [2.05, 4.69) is 9.97 Å². The molecule has 274 valence electrons. The molecule has 0 spiro atoms. The fraction of sp³-hybridized carbons (Fsp3) is 0.158. The lowest BCUT2D eigenvalue weighted by Gasteiger charge is -2.05. The topological polar surface area (TPSA) is 109 Å². The summed E-state index contributed by atoms with van der Waals surface area (Å²) in [6.45, 7) is 9.13. The van der Waals surface area contributed by atoms with E-state index < -0.39 is 0 Å². The van der Waals surface area contributed by atoms with E-state index in [4.69, 9.17) is 123 Å². The normalized spacial score (nSPS) is 16.6. The van der Waals surface area contributed by atoms with Gasteiger partial charge in [0.15, 0.2) is 23.3 Å². The van der Waals surface area contributed by atoms with Gasteiger partial charge < -0.3 is 9.97 Å². The molecule has 0 atom stereocenters. The Morgan fingerprint density at radius 1 is 0.500 bits per heavy atom. The van der Waals surface area contributed by atoms with Crippen LogP contribution in [0.4, 0.5) is 0 Å². The maximum Gasteiger partial charge on any atom is 0.166 e. The SMILES string of the molecule is C/C=C(/Cl)c1c(/C(Cl)=C\C)c2nc3nc(nc4[nH]c(nc5nc(nc1[nH]2)C1=C5C(Cl)=CC(C)C=C1Cl)c(/C(Cl)=C\C)c4/C(Cl)=C\C)-c1c(Cl)ccc(Cl)c1-3. The van der Waals surface area contributed by atoms with Crippen LogP contribution in [0.1, 0.15) is 68.5 Å². The van der Waals surface area contributed by atoms with Gasteiger partial charge in [-0.05, 0) is 45.7 Å². The van der Waals surface area contributed by atoms with E-state index >= 15 is 0 Å². The molecule has 16 heteroatoms. The lowest BCUT2D eigenvalue weighted by atomic mass is 10.1. The van der Waals surface area contributed by atoms with Crippen molar-refractivity contribution >= 4 is 147 Å². The van der Waals surface area contributed by atoms with Gasteiger partial charge in [-0.25, -0.2) is 29.9 Å². The smallest absolute Gasteiger partial charge is 0.166 e. The molecular weight excluding hydrogens is 852 g/mol. The number of rotatable bonds is 4. The number of fused-ring (bicyclic) bond motifs is 13. The van der Waals surface area contributed by atoms with Crippen molar-refractivity contribution in [3.63, 3.8) is 0 Å². The van der Waals surface area contributed by atoms with Crippen molar-refractivity contribution in [1.82, 2.24) is 39.9 Å². The molecule has 0 unspecified atom stereocenters. The first-order chi connectivity index (χ1) is 25.8. The molecule has 7 rings (SSSR count). The largest absolute Gasteiger partial charge is 0.324 e. The molecule has 0 fully saturated rings. The standard InChI is InChI=1S/C38H26Cl8N8/c1-6-15(39)23-25(17(41)8-3)33-47-31(23)49-35-27-19(43)10-11-20(44)28(27)36(53-35)50-32-24(16(40)7-2)26(18(42)9-4)34(48-32)52-38-30-22(46)13-14(5)12-21(45)29(30)37(51-33)54-38/h6-14H,1-5H3,(H2,47,48,49,50,51,52,53,54)/b15-6+,16-7+,17-8+,18-9+. The van der Waals surface area contributed by atoms with Crippen LogP contribution in [0.3, 0.4) is 0 Å². The van der Waals surface area contributed by atoms with Gasteiger partial charge in [0.2, 0.25) is 0 Å². The summed E-state index contributed by atoms with van der Waals surface area (Å²) in [5, 5.41) is 2.77. The van der Waals surface area contributed by atoms with Crippen molar-refractivity contribution in [2.24, 2.45) is 5.92 Å². The van der Waals surface area contributed by atoms with Crippen LogP contribution >= 0.6 is 92.8 Å². The van der Waals surface area contributed by atoms with E-state index in [0.717, 1.165) is 0 Å². The van der Waals surface area contributed by atoms with Gasteiger partial charge in [0.1, 0.15) is 22.6 Å². The van der Waals surface area contributed by atoms with Gasteiger partial charge in [0.25, 0.3) is 0 Å². The van der Waals surface area contributed by atoms with Crippen LogP contribution < -0.4 is 0 Å². The predicted molar refractivity (Wildman–Crippen MR) is 228 cm³/mol. The first kappa shape index (κ1) is 38.8. The van der Waals surface area contributed by atoms with E-state index in [1.165, 1.54) is 0 Å². The van der Waals surface area contributed by atoms with Gasteiger partial charge in [0, 0.05) is 52.4 Å². The maximum absolute atomic E-state index is 7.04. The van der Waals surface area contributed by atoms with Gasteiger partial charge >= 0.3 is 0 Å². The number of nitrogens with one attached hydrogen (secondary N) is 2. The number of halogens is 8. The Morgan fingerprint density at radius 3 is 1.11 bits per heavy atom. The highest BCUT2D eigenvalue weighted by atomic mass is 35.5. The van der Waals surface area contributed by atoms with Crippen molar-refractivity contribution in [2.45, 2.75) is 34.6 Å². The Balaban J connectivity index is 1.81. The van der Waals surface area contributed by atoms with E-state index in [1.807, 2.05) is 19.1 Å². The summed E-state index contributed by atoms with van der Waals surface area (Å²) >= 11 is 55.5. The Labute approximate surface area is 350 Å². The number of nitrogens with zero attached hydrogens (tertiary/aromatic N) is 6. The highest BCUT2D eigenvalue weighted by Crippen LogP contribution is 2.47. The van der Waals surface area contributed by atoms with Crippen LogP contribution in [0.5, 0.6) is 0 Å². The number of aromatic amines is 2. The number of allylic oxidation sites excluding steroid dienone is 10. The molecule has 8 nitrogen and oxygen atoms in total. The molecule has 3 aliphatic rings. The predicted octanol–water partition coefficient (Wildman–Crippen LogP) is 13.7. The molecule has 5 heterocycles. The van der Waals surface area contributed by atoms with Crippen LogP contribution in [0.15, 0.2) is 58.7 Å². The molecule has 0 saturated heterocycles. The summed E-state index contributed by atoms with van der Waals surface area (Å²) in [7, 11) is 0. The molecule has 2 aliphatic heterocycles. The molecule has 1 aliphatic carbocycles. The monoisotopic (exact) mass is 874 g/mol. The van der Waals surface area contributed by atoms with Crippen molar-refractivity contribution in [1.29, 1.82) is 0 Å². The third-order valence-electron chi connectivity index (χ3n) is 8.73. The minimum absolute atomic E-state index is 0.127. The summed E-state index contributed by atoms with van der Waals surface area (Å²) in [6.07, 6.45) is 10.6. The van der Waals surface area contributed by atoms with Crippen molar-refractivity contribution in [3.05, 3.63) is 103 Å². The quantitative estimate of drug-likeness (QED) is 0.186. The minimum atomic E-state index is -0.127. The van der Waals surface area contributed by atoms with Gasteiger partial charge in [-0.1, -0.05) is 136 Å². The van der Waals surface area contributed by atoms with Crippen LogP contribution in [0, 0.1) is 5.92 Å². The lowest BCUT2D eigenvalue weighted by Crippen LogP contribution is -1.92. The Hall–Kier alpha value is -3.44. The molecular formula is C38H26Cl8N8. The summed E-state index contributed by atoms with van der Waals surface area (Å²) in [5.74, 6) is 0.667. The first-order valence-electron chi connectivity index (χ1n) is 16.4. The van der Waals surface area contributed by atoms with Gasteiger partial charge in [-0.15, -0.1) is 0 Å². The summed E-state index contributed by atoms with van der Waals surface area (Å²) in [6, 6.07) is 3.33. The van der Waals surface area contributed by atoms with Crippen LogP contribution in [-0.4, -0.2) is 39.9 Å². The number of H-pyrrole nitrogens is 2. The van der Waals surface area contributed by atoms with Gasteiger partial charge in [-0.2, -0.15) is 0 Å². The summed E-state index contributed by atoms with van der Waals surface area (Å²) < 4.78 is 0. The van der Waals surface area contributed by atoms with E-state index in [-0.39, 0.29) is 51.8 Å². The van der Waals surface area contributed by atoms with E-state index in [0.29, 0.717) is 84.8 Å². The number of aromatic nitrogens is 8. The second-order valence-electron chi connectivity index (χ2n) is 12.1. The molecule has 0 radical (unpaired) electrons. The van der Waals surface area contributed by atoms with Crippen molar-refractivity contribution in [2.75, 3.05) is 0 Å². The van der Waals surface area contributed by atoms with Crippen molar-refractivity contribution < 1.29 is 0 Å². The Morgan fingerprint density at radius 2 is 0.796 bits per heavy atom. The second-order valence-corrected chi connectivity index (χ2v) is 15.3. The molecule has 4 aromatic rings. The van der Waals surface area contributed by atoms with Crippen LogP contribution in [0.25, 0.3) is 76.6 Å². The number of hydrogen-bond donors (Lipinski definition) is 2. The van der Waals surface area contributed by atoms with Crippen LogP contribution in [0.2, 0.25) is 10.0 Å². The molecule has 2 N–H and O–H groups in total. The van der Waals surface area contributed by atoms with E-state index in [9.17, 15) is 0 Å². The third-order valence-corrected chi connectivity index (χ3v) is 11.6. The zero-order valence-electron chi connectivity index (χ0n) is 28.9. The summed E-state index contributed by atoms with van der Waals surface area (Å²) in [4.78, 5) is 36.5. The molecule has 0 amide bonds. The van der Waals surface area contributed by atoms with Crippen LogP contribution in [-0.2, 0) is 0 Å². The molecule has 54 heavy (non-hydrogen) atoms. The minimum Gasteiger partial charge on any atom is -0.324 e. The van der Waals surface area contributed by atoms with Gasteiger partial charge in [-0.3, -0.25) is 0 Å². The zero-order chi connectivity index (χ0) is 38.7. The Kier molecular flexibility index (Phi) is 11.0. The number of hydrogen-bond acceptors (Lipinski definition) is 6. The Bertz CT molecular complexity index is 2530. The zero-order valence-corrected chi connectivity index (χ0v) is 35.0. The lowest BCUT2D eigenvalue weighted by molar-refractivity contribution is 0.937. The number of benzene rings is 1. The maximum atomic E-state index is 7.04. The highest BCUT2D eigenvalue weighted by Gasteiger charge is 2.32. The average molecular weight is 878 g/mol. The van der Waals surface area contributed by atoms with E-state index in [1.54, 1.807) is 64.1 Å². The fourth-order valence-corrected chi connectivity index (χ4v) is 8.28. The summed E-state index contributed by atoms with van der Waals surface area (Å²) in [5.41, 5.74) is 4.73. The molecule has 1 aromatic carbocycles. The van der Waals surface area contributed by atoms with Crippen molar-refractivity contribution in [3.8, 4) is 22.8 Å². The molecule has 0 saturated carbocycles. The molecule has 8 bridgehead atoms. The second kappa shape index (κ2) is 15.2. The van der Waals surface area contributed by atoms with Gasteiger partial charge in [0.05, 0.1) is 32.3 Å². The highest BCUT2D eigenvalue weighted by molar-refractivity contribution is 6.54. The first-order valence-corrected chi connectivity index (χ1v) is 19.4. The molecule has 3 aromatic heterocycles.